The van der Waals surface area contributed by atoms with Crippen LogP contribution in [0.5, 0.6) is 0 Å². The number of rotatable bonds is 4. The Morgan fingerprint density at radius 3 is 2.53 bits per heavy atom. The number of pyridine rings is 1. The summed E-state index contributed by atoms with van der Waals surface area (Å²) in [6.07, 6.45) is 4.79. The largest absolute Gasteiger partial charge is 0.456 e. The van der Waals surface area contributed by atoms with Gasteiger partial charge in [-0.15, -0.1) is 0 Å². The minimum Gasteiger partial charge on any atom is -0.456 e. The second kappa shape index (κ2) is 7.38. The summed E-state index contributed by atoms with van der Waals surface area (Å²) in [5.41, 5.74) is 2.78. The molecule has 154 valence electrons. The molecule has 0 bridgehead atoms. The molecule has 2 amide bonds. The summed E-state index contributed by atoms with van der Waals surface area (Å²) in [6.45, 7) is 1.82. The molecule has 3 aromatic rings. The average molecular weight is 444 g/mol. The number of aromatic nitrogens is 1. The van der Waals surface area contributed by atoms with Crippen molar-refractivity contribution in [2.75, 3.05) is 14.1 Å². The monoisotopic (exact) mass is 443 g/mol. The van der Waals surface area contributed by atoms with Gasteiger partial charge < -0.3 is 4.42 Å². The van der Waals surface area contributed by atoms with E-state index in [1.54, 1.807) is 36.7 Å². The number of amides is 2. The molecule has 0 spiro atoms. The maximum atomic E-state index is 12.4. The van der Waals surface area contributed by atoms with Gasteiger partial charge in [0.2, 0.25) is 10.0 Å². The van der Waals surface area contributed by atoms with Gasteiger partial charge in [-0.1, -0.05) is 6.07 Å². The van der Waals surface area contributed by atoms with Crippen molar-refractivity contribution >= 4 is 50.0 Å². The number of hydrogen-bond donors (Lipinski definition) is 1. The number of carbonyl (C=O) groups excluding carboxylic acids is 2. The Bertz CT molecular complexity index is 1340. The third kappa shape index (κ3) is 3.53. The normalized spacial score (nSPS) is 16.1. The molecular formula is C20H17N3O5S2. The van der Waals surface area contributed by atoms with Crippen LogP contribution in [-0.4, -0.2) is 42.9 Å². The predicted molar refractivity (Wildman–Crippen MR) is 114 cm³/mol. The van der Waals surface area contributed by atoms with E-state index in [0.29, 0.717) is 16.9 Å². The molecule has 0 radical (unpaired) electrons. The summed E-state index contributed by atoms with van der Waals surface area (Å²) in [7, 11) is -0.572. The minimum atomic E-state index is -3.54. The topological polar surface area (TPSA) is 110 Å². The maximum absolute atomic E-state index is 12.4. The third-order valence-electron chi connectivity index (χ3n) is 4.62. The highest BCUT2D eigenvalue weighted by Crippen LogP contribution is 2.34. The van der Waals surface area contributed by atoms with Crippen molar-refractivity contribution in [2.45, 2.75) is 11.8 Å². The van der Waals surface area contributed by atoms with Gasteiger partial charge >= 0.3 is 0 Å². The van der Waals surface area contributed by atoms with Crippen molar-refractivity contribution < 1.29 is 22.4 Å². The van der Waals surface area contributed by atoms with Gasteiger partial charge in [-0.05, 0) is 48.0 Å². The Hall–Kier alpha value is -2.95. The van der Waals surface area contributed by atoms with Gasteiger partial charge in [0, 0.05) is 43.5 Å². The third-order valence-corrected chi connectivity index (χ3v) is 7.25. The maximum Gasteiger partial charge on any atom is 0.290 e. The fraction of sp³-hybridized carbons (Fsp3) is 0.150. The zero-order valence-electron chi connectivity index (χ0n) is 16.3. The number of thioether (sulfide) groups is 1. The summed E-state index contributed by atoms with van der Waals surface area (Å²) in [6, 6.07) is 6.62. The summed E-state index contributed by atoms with van der Waals surface area (Å²) in [5.74, 6) is -0.0478. The number of aryl methyl sites for hydroxylation is 1. The SMILES string of the molecule is Cc1cc(S(=O)(=O)N(C)C)ccc1-c1cncc2cc(C=C3SC(=O)NC3=O)oc12. The Balaban J connectivity index is 1.79. The zero-order valence-corrected chi connectivity index (χ0v) is 17.9. The number of nitrogens with zero attached hydrogens (tertiary/aromatic N) is 2. The average Bonchev–Trinajstić information content (AvgIpc) is 3.23. The van der Waals surface area contributed by atoms with E-state index in [2.05, 4.69) is 10.3 Å². The van der Waals surface area contributed by atoms with Crippen LogP contribution in [0.1, 0.15) is 11.3 Å². The Kier molecular flexibility index (Phi) is 5.00. The Morgan fingerprint density at radius 1 is 1.13 bits per heavy atom. The highest BCUT2D eigenvalue weighted by atomic mass is 32.2. The van der Waals surface area contributed by atoms with Crippen LogP contribution >= 0.6 is 11.8 Å². The summed E-state index contributed by atoms with van der Waals surface area (Å²) >= 11 is 0.813. The molecule has 3 heterocycles. The summed E-state index contributed by atoms with van der Waals surface area (Å²) in [4.78, 5) is 27.8. The van der Waals surface area contributed by atoms with Crippen LogP contribution in [0.15, 0.2) is 50.9 Å². The van der Waals surface area contributed by atoms with E-state index in [1.165, 1.54) is 20.2 Å². The van der Waals surface area contributed by atoms with E-state index in [-0.39, 0.29) is 9.80 Å². The second-order valence-electron chi connectivity index (χ2n) is 6.87. The van der Waals surface area contributed by atoms with Crippen LogP contribution in [0.2, 0.25) is 0 Å². The van der Waals surface area contributed by atoms with E-state index in [1.807, 2.05) is 6.92 Å². The van der Waals surface area contributed by atoms with Crippen LogP contribution in [0.3, 0.4) is 0 Å². The van der Waals surface area contributed by atoms with Gasteiger partial charge in [-0.3, -0.25) is 19.9 Å². The van der Waals surface area contributed by atoms with Crippen molar-refractivity contribution in [3.63, 3.8) is 0 Å². The molecule has 1 fully saturated rings. The van der Waals surface area contributed by atoms with Gasteiger partial charge in [-0.25, -0.2) is 12.7 Å². The molecule has 0 unspecified atom stereocenters. The molecule has 0 atom stereocenters. The van der Waals surface area contributed by atoms with Gasteiger partial charge in [0.1, 0.15) is 11.3 Å². The highest BCUT2D eigenvalue weighted by molar-refractivity contribution is 8.18. The fourth-order valence-electron chi connectivity index (χ4n) is 3.11. The Labute approximate surface area is 177 Å². The lowest BCUT2D eigenvalue weighted by Crippen LogP contribution is -2.22. The van der Waals surface area contributed by atoms with Crippen molar-refractivity contribution in [2.24, 2.45) is 0 Å². The first kappa shape index (κ1) is 20.3. The lowest BCUT2D eigenvalue weighted by molar-refractivity contribution is -0.115. The molecule has 1 aliphatic heterocycles. The van der Waals surface area contributed by atoms with E-state index in [0.717, 1.165) is 32.6 Å². The number of carbonyl (C=O) groups is 2. The van der Waals surface area contributed by atoms with Crippen LogP contribution in [0.25, 0.3) is 28.2 Å². The molecule has 1 N–H and O–H groups in total. The van der Waals surface area contributed by atoms with Gasteiger partial charge in [0.25, 0.3) is 11.1 Å². The first-order valence-electron chi connectivity index (χ1n) is 8.83. The van der Waals surface area contributed by atoms with Crippen molar-refractivity contribution in [1.29, 1.82) is 0 Å². The molecule has 1 aliphatic rings. The van der Waals surface area contributed by atoms with Crippen LogP contribution < -0.4 is 5.32 Å². The standard InChI is InChI=1S/C20H17N3O5S2/c1-11-6-14(30(26,27)23(2)3)4-5-15(11)16-10-21-9-12-7-13(28-18(12)16)8-17-19(24)22-20(25)29-17/h4-10H,1-3H3,(H,22,24,25). The molecular weight excluding hydrogens is 426 g/mol. The molecule has 4 rings (SSSR count). The number of hydrogen-bond acceptors (Lipinski definition) is 7. The highest BCUT2D eigenvalue weighted by Gasteiger charge is 2.26. The lowest BCUT2D eigenvalue weighted by Gasteiger charge is -2.13. The summed E-state index contributed by atoms with van der Waals surface area (Å²) < 4.78 is 31.9. The van der Waals surface area contributed by atoms with Crippen molar-refractivity contribution in [3.8, 4) is 11.1 Å². The lowest BCUT2D eigenvalue weighted by atomic mass is 10.0. The van der Waals surface area contributed by atoms with E-state index in [9.17, 15) is 18.0 Å². The fourth-order valence-corrected chi connectivity index (χ4v) is 4.75. The number of sulfonamides is 1. The predicted octanol–water partition coefficient (Wildman–Crippen LogP) is 3.38. The minimum absolute atomic E-state index is 0.202. The molecule has 0 aliphatic carbocycles. The van der Waals surface area contributed by atoms with Crippen LogP contribution in [0, 0.1) is 6.92 Å². The van der Waals surface area contributed by atoms with Crippen LogP contribution in [-0.2, 0) is 14.8 Å². The van der Waals surface area contributed by atoms with E-state index in [4.69, 9.17) is 4.42 Å². The summed E-state index contributed by atoms with van der Waals surface area (Å²) in [5, 5.41) is 2.50. The molecule has 2 aromatic heterocycles. The number of nitrogens with one attached hydrogen (secondary N) is 1. The number of benzene rings is 1. The molecule has 1 aromatic carbocycles. The van der Waals surface area contributed by atoms with Gasteiger partial charge in [0.05, 0.1) is 9.80 Å². The van der Waals surface area contributed by atoms with Gasteiger partial charge in [-0.2, -0.15) is 0 Å². The molecule has 10 heteroatoms. The number of imide groups is 1. The van der Waals surface area contributed by atoms with E-state index >= 15 is 0 Å². The smallest absolute Gasteiger partial charge is 0.290 e. The second-order valence-corrected chi connectivity index (χ2v) is 10.0. The van der Waals surface area contributed by atoms with Crippen molar-refractivity contribution in [1.82, 2.24) is 14.6 Å². The molecule has 0 saturated carbocycles. The Morgan fingerprint density at radius 2 is 1.90 bits per heavy atom. The van der Waals surface area contributed by atoms with Crippen LogP contribution in [0.4, 0.5) is 4.79 Å². The first-order chi connectivity index (χ1) is 14.2. The van der Waals surface area contributed by atoms with E-state index < -0.39 is 21.2 Å². The first-order valence-corrected chi connectivity index (χ1v) is 11.1. The quantitative estimate of drug-likeness (QED) is 0.616. The van der Waals surface area contributed by atoms with Gasteiger partial charge in [0.15, 0.2) is 0 Å². The molecule has 8 nitrogen and oxygen atoms in total. The zero-order chi connectivity index (χ0) is 21.6. The number of furan rings is 1. The number of fused-ring (bicyclic) bond motifs is 1. The van der Waals surface area contributed by atoms with Crippen molar-refractivity contribution in [3.05, 3.63) is 52.9 Å². The molecule has 30 heavy (non-hydrogen) atoms. The molecule has 1 saturated heterocycles.